The van der Waals surface area contributed by atoms with Crippen molar-refractivity contribution in [3.63, 3.8) is 0 Å². The zero-order chi connectivity index (χ0) is 17.5. The third-order valence-corrected chi connectivity index (χ3v) is 2.83. The second-order valence-corrected chi connectivity index (χ2v) is 4.79. The van der Waals surface area contributed by atoms with Crippen LogP contribution in [0.25, 0.3) is 0 Å². The Bertz CT molecular complexity index is 549. The molecule has 1 rings (SSSR count). The largest absolute Gasteiger partial charge is 0.480 e. The van der Waals surface area contributed by atoms with Gasteiger partial charge in [0, 0.05) is 17.8 Å². The molecule has 1 atom stereocenters. The lowest BCUT2D eigenvalue weighted by molar-refractivity contribution is -0.154. The van der Waals surface area contributed by atoms with E-state index in [-0.39, 0.29) is 17.9 Å². The summed E-state index contributed by atoms with van der Waals surface area (Å²) in [7, 11) is 0. The Labute approximate surface area is 130 Å². The first-order valence-electron chi connectivity index (χ1n) is 6.92. The molecule has 0 saturated heterocycles. The number of hydrogen-bond donors (Lipinski definition) is 2. The molecule has 2 N–H and O–H groups in total. The van der Waals surface area contributed by atoms with Crippen LogP contribution in [0.4, 0.5) is 13.2 Å². The van der Waals surface area contributed by atoms with Gasteiger partial charge in [-0.05, 0) is 12.5 Å². The fourth-order valence-electron chi connectivity index (χ4n) is 1.69. The lowest BCUT2D eigenvalue weighted by Gasteiger charge is -2.14. The van der Waals surface area contributed by atoms with Gasteiger partial charge < -0.3 is 15.2 Å². The van der Waals surface area contributed by atoms with Gasteiger partial charge in [0.15, 0.2) is 6.61 Å². The molecule has 0 radical (unpaired) electrons. The third kappa shape index (κ3) is 6.98. The van der Waals surface area contributed by atoms with E-state index in [1.54, 1.807) is 0 Å². The number of ether oxygens (including phenoxy) is 1. The molecule has 6 nitrogen and oxygen atoms in total. The number of carbonyl (C=O) groups is 2. The number of aromatic nitrogens is 1. The molecule has 128 valence electrons. The molecule has 0 aromatic carbocycles. The molecule has 0 spiro atoms. The van der Waals surface area contributed by atoms with Gasteiger partial charge in [-0.2, -0.15) is 13.2 Å². The Balaban J connectivity index is 2.73. The quantitative estimate of drug-likeness (QED) is 0.762. The minimum atomic E-state index is -4.52. The van der Waals surface area contributed by atoms with Crippen LogP contribution in [0.15, 0.2) is 18.3 Å². The van der Waals surface area contributed by atoms with E-state index < -0.39 is 30.7 Å². The van der Waals surface area contributed by atoms with E-state index in [9.17, 15) is 22.8 Å². The fourth-order valence-corrected chi connectivity index (χ4v) is 1.69. The van der Waals surface area contributed by atoms with Crippen molar-refractivity contribution in [2.75, 3.05) is 6.61 Å². The maximum atomic E-state index is 12.1. The zero-order valence-corrected chi connectivity index (χ0v) is 12.4. The van der Waals surface area contributed by atoms with E-state index in [4.69, 9.17) is 5.11 Å². The summed E-state index contributed by atoms with van der Waals surface area (Å²) in [6, 6.07) is 1.23. The molecule has 0 aliphatic heterocycles. The molecule has 23 heavy (non-hydrogen) atoms. The van der Waals surface area contributed by atoms with Gasteiger partial charge in [0.05, 0.1) is 0 Å². The normalized spacial score (nSPS) is 12.5. The molecule has 0 fully saturated rings. The van der Waals surface area contributed by atoms with Gasteiger partial charge in [0.2, 0.25) is 5.88 Å². The summed E-state index contributed by atoms with van der Waals surface area (Å²) in [5.41, 5.74) is -0.0278. The van der Waals surface area contributed by atoms with Crippen molar-refractivity contribution >= 4 is 11.9 Å². The molecule has 0 aliphatic carbocycles. The summed E-state index contributed by atoms with van der Waals surface area (Å²) >= 11 is 0. The van der Waals surface area contributed by atoms with Crippen molar-refractivity contribution in [3.8, 4) is 5.88 Å². The molecule has 1 amide bonds. The predicted molar refractivity (Wildman–Crippen MR) is 74.2 cm³/mol. The van der Waals surface area contributed by atoms with Crippen LogP contribution in [0.2, 0.25) is 0 Å². The molecule has 0 aliphatic rings. The van der Waals surface area contributed by atoms with E-state index >= 15 is 0 Å². The minimum absolute atomic E-state index is 0.0278. The molecular weight excluding hydrogens is 317 g/mol. The number of halogens is 3. The number of carbonyl (C=O) groups excluding carboxylic acids is 1. The number of carboxylic acid groups (broad SMARTS) is 1. The van der Waals surface area contributed by atoms with Crippen LogP contribution < -0.4 is 10.1 Å². The highest BCUT2D eigenvalue weighted by Gasteiger charge is 2.29. The number of rotatable bonds is 8. The van der Waals surface area contributed by atoms with Gasteiger partial charge in [-0.15, -0.1) is 0 Å². The highest BCUT2D eigenvalue weighted by molar-refractivity contribution is 5.96. The molecule has 1 aromatic rings. The van der Waals surface area contributed by atoms with Crippen LogP contribution in [0, 0.1) is 0 Å². The van der Waals surface area contributed by atoms with Crippen molar-refractivity contribution in [2.45, 2.75) is 38.4 Å². The number of nitrogens with one attached hydrogen (secondary N) is 1. The highest BCUT2D eigenvalue weighted by atomic mass is 19.4. The predicted octanol–water partition coefficient (Wildman–Crippen LogP) is 2.40. The van der Waals surface area contributed by atoms with Crippen LogP contribution in [0.5, 0.6) is 5.88 Å². The van der Waals surface area contributed by atoms with Gasteiger partial charge in [-0.1, -0.05) is 19.8 Å². The Kier molecular flexibility index (Phi) is 6.80. The number of alkyl halides is 3. The fraction of sp³-hybridized carbons (Fsp3) is 0.500. The number of pyridine rings is 1. The molecular formula is C14H17F3N2O4. The standard InChI is InChI=1S/C14H17F3N2O4/c1-2-3-4-10(13(21)22)19-12(20)9-5-6-18-11(7-9)23-8-14(15,16)17/h5-7,10H,2-4,8H2,1H3,(H,19,20)(H,21,22)/t10-/m0/s1. The molecule has 0 bridgehead atoms. The van der Waals surface area contributed by atoms with Gasteiger partial charge in [-0.25, -0.2) is 9.78 Å². The van der Waals surface area contributed by atoms with Crippen LogP contribution in [0.1, 0.15) is 36.5 Å². The third-order valence-electron chi connectivity index (χ3n) is 2.83. The van der Waals surface area contributed by atoms with E-state index in [0.717, 1.165) is 18.7 Å². The minimum Gasteiger partial charge on any atom is -0.480 e. The summed E-state index contributed by atoms with van der Waals surface area (Å²) in [5.74, 6) is -2.25. The van der Waals surface area contributed by atoms with Crippen LogP contribution in [0.3, 0.4) is 0 Å². The number of carboxylic acids is 1. The number of aliphatic carboxylic acids is 1. The van der Waals surface area contributed by atoms with Gasteiger partial charge in [-0.3, -0.25) is 4.79 Å². The van der Waals surface area contributed by atoms with E-state index in [2.05, 4.69) is 15.0 Å². The Morgan fingerprint density at radius 3 is 2.70 bits per heavy atom. The Morgan fingerprint density at radius 1 is 1.43 bits per heavy atom. The van der Waals surface area contributed by atoms with Crippen LogP contribution >= 0.6 is 0 Å². The van der Waals surface area contributed by atoms with Gasteiger partial charge in [0.25, 0.3) is 5.91 Å². The summed E-state index contributed by atoms with van der Waals surface area (Å²) in [6.07, 6.45) is -1.76. The summed E-state index contributed by atoms with van der Waals surface area (Å²) in [4.78, 5) is 26.6. The summed E-state index contributed by atoms with van der Waals surface area (Å²) in [5, 5.41) is 11.4. The molecule has 0 unspecified atom stereocenters. The van der Waals surface area contributed by atoms with Gasteiger partial charge >= 0.3 is 12.1 Å². The maximum absolute atomic E-state index is 12.1. The van der Waals surface area contributed by atoms with E-state index in [0.29, 0.717) is 6.42 Å². The van der Waals surface area contributed by atoms with Crippen molar-refractivity contribution in [1.29, 1.82) is 0 Å². The van der Waals surface area contributed by atoms with Crippen molar-refractivity contribution in [3.05, 3.63) is 23.9 Å². The smallest absolute Gasteiger partial charge is 0.422 e. The van der Waals surface area contributed by atoms with E-state index in [1.807, 2.05) is 6.92 Å². The number of amides is 1. The molecule has 0 saturated carbocycles. The topological polar surface area (TPSA) is 88.5 Å². The summed E-state index contributed by atoms with van der Waals surface area (Å²) < 4.78 is 40.7. The van der Waals surface area contributed by atoms with Crippen LogP contribution in [-0.4, -0.2) is 40.8 Å². The van der Waals surface area contributed by atoms with Crippen molar-refractivity contribution < 1.29 is 32.6 Å². The van der Waals surface area contributed by atoms with E-state index in [1.165, 1.54) is 6.07 Å². The zero-order valence-electron chi connectivity index (χ0n) is 12.4. The monoisotopic (exact) mass is 334 g/mol. The molecule has 9 heteroatoms. The average molecular weight is 334 g/mol. The first kappa shape index (κ1) is 18.7. The molecule has 1 heterocycles. The second-order valence-electron chi connectivity index (χ2n) is 4.79. The molecule has 1 aromatic heterocycles. The average Bonchev–Trinajstić information content (AvgIpc) is 2.48. The maximum Gasteiger partial charge on any atom is 0.422 e. The summed E-state index contributed by atoms with van der Waals surface area (Å²) in [6.45, 7) is 0.354. The highest BCUT2D eigenvalue weighted by Crippen LogP contribution is 2.17. The van der Waals surface area contributed by atoms with Crippen molar-refractivity contribution in [2.24, 2.45) is 0 Å². The SMILES string of the molecule is CCCC[C@H](NC(=O)c1ccnc(OCC(F)(F)F)c1)C(=O)O. The number of hydrogen-bond acceptors (Lipinski definition) is 4. The lowest BCUT2D eigenvalue weighted by atomic mass is 10.1. The first-order valence-corrected chi connectivity index (χ1v) is 6.92. The van der Waals surface area contributed by atoms with Crippen LogP contribution in [-0.2, 0) is 4.79 Å². The first-order chi connectivity index (χ1) is 10.7. The van der Waals surface area contributed by atoms with Gasteiger partial charge in [0.1, 0.15) is 6.04 Å². The number of nitrogens with zero attached hydrogens (tertiary/aromatic N) is 1. The Hall–Kier alpha value is -2.32. The second kappa shape index (κ2) is 8.35. The lowest BCUT2D eigenvalue weighted by Crippen LogP contribution is -2.40. The van der Waals surface area contributed by atoms with Crippen molar-refractivity contribution in [1.82, 2.24) is 10.3 Å². The Morgan fingerprint density at radius 2 is 2.13 bits per heavy atom. The number of unbranched alkanes of at least 4 members (excludes halogenated alkanes) is 1.